The first-order valence-corrected chi connectivity index (χ1v) is 13.3. The highest BCUT2D eigenvalue weighted by Crippen LogP contribution is 2.67. The maximum Gasteiger partial charge on any atom is 0.309 e. The van der Waals surface area contributed by atoms with E-state index in [1.165, 1.54) is 19.9 Å². The molecular formula is C29H42O9. The van der Waals surface area contributed by atoms with Crippen LogP contribution in [-0.4, -0.2) is 59.0 Å². The van der Waals surface area contributed by atoms with Crippen molar-refractivity contribution in [3.05, 3.63) is 36.5 Å². The van der Waals surface area contributed by atoms with E-state index in [4.69, 9.17) is 18.9 Å². The van der Waals surface area contributed by atoms with Gasteiger partial charge in [0.1, 0.15) is 6.10 Å². The zero-order valence-electron chi connectivity index (χ0n) is 23.3. The summed E-state index contributed by atoms with van der Waals surface area (Å²) in [6, 6.07) is 0. The normalized spacial score (nSPS) is 37.5. The Morgan fingerprint density at radius 2 is 1.84 bits per heavy atom. The number of carbonyl (C=O) groups is 3. The smallest absolute Gasteiger partial charge is 0.309 e. The lowest BCUT2D eigenvalue weighted by atomic mass is 9.44. The monoisotopic (exact) mass is 534 g/mol. The van der Waals surface area contributed by atoms with Gasteiger partial charge in [-0.25, -0.2) is 0 Å². The Labute approximate surface area is 224 Å². The molecule has 0 unspecified atom stereocenters. The second-order valence-electron chi connectivity index (χ2n) is 11.3. The van der Waals surface area contributed by atoms with E-state index < -0.39 is 59.6 Å². The van der Waals surface area contributed by atoms with Crippen LogP contribution in [0.3, 0.4) is 0 Å². The Balaban J connectivity index is 2.22. The first-order valence-electron chi connectivity index (χ1n) is 13.3. The van der Waals surface area contributed by atoms with E-state index in [1.807, 2.05) is 20.8 Å². The van der Waals surface area contributed by atoms with Crippen LogP contribution in [0.5, 0.6) is 0 Å². The van der Waals surface area contributed by atoms with E-state index in [9.17, 15) is 24.6 Å². The van der Waals surface area contributed by atoms with Gasteiger partial charge in [-0.1, -0.05) is 46.9 Å². The first-order chi connectivity index (χ1) is 17.7. The number of esters is 3. The molecule has 10 atom stereocenters. The molecule has 0 aromatic rings. The van der Waals surface area contributed by atoms with Crippen molar-refractivity contribution >= 4 is 17.9 Å². The van der Waals surface area contributed by atoms with Crippen molar-refractivity contribution < 1.29 is 43.5 Å². The molecule has 1 aliphatic heterocycles. The standard InChI is InChI=1S/C29H42O9/c1-9-15(3)22(32)14-28(8)17(5)11-24(33)29-21(26(35-18(6)30)38-27(29)36-19(7)31)12-20(13-23(28)29)37-25(34)16(4)10-2/h9,12,16-17,20,22-24,26-27,32-33H,1,3,10-11,13-14H2,2,4-8H3/t16-,17+,20+,22+,23-,24-,26-,27+,28+,29+/m1/s1. The Kier molecular flexibility index (Phi) is 8.95. The van der Waals surface area contributed by atoms with Gasteiger partial charge in [-0.05, 0) is 54.6 Å². The molecule has 9 heteroatoms. The summed E-state index contributed by atoms with van der Waals surface area (Å²) in [5, 5.41) is 22.8. The van der Waals surface area contributed by atoms with E-state index in [0.29, 0.717) is 24.0 Å². The summed E-state index contributed by atoms with van der Waals surface area (Å²) in [6.07, 6.45) is -0.516. The Morgan fingerprint density at radius 1 is 1.21 bits per heavy atom. The molecule has 212 valence electrons. The van der Waals surface area contributed by atoms with Crippen molar-refractivity contribution in [3.63, 3.8) is 0 Å². The number of hydrogen-bond donors (Lipinski definition) is 2. The fraction of sp³-hybridized carbons (Fsp3) is 0.690. The van der Waals surface area contributed by atoms with Gasteiger partial charge in [-0.3, -0.25) is 19.1 Å². The summed E-state index contributed by atoms with van der Waals surface area (Å²) in [7, 11) is 0. The summed E-state index contributed by atoms with van der Waals surface area (Å²) in [6.45, 7) is 17.8. The van der Waals surface area contributed by atoms with Crippen LogP contribution in [0, 0.1) is 28.6 Å². The third-order valence-electron chi connectivity index (χ3n) is 9.00. The highest BCUT2D eigenvalue weighted by molar-refractivity contribution is 5.72. The van der Waals surface area contributed by atoms with Gasteiger partial charge in [0.05, 0.1) is 23.5 Å². The molecular weight excluding hydrogens is 492 g/mol. The fourth-order valence-corrected chi connectivity index (χ4v) is 6.52. The summed E-state index contributed by atoms with van der Waals surface area (Å²) in [4.78, 5) is 37.0. The van der Waals surface area contributed by atoms with Crippen LogP contribution in [0.15, 0.2) is 36.5 Å². The topological polar surface area (TPSA) is 129 Å². The van der Waals surface area contributed by atoms with Gasteiger partial charge >= 0.3 is 17.9 Å². The Bertz CT molecular complexity index is 1000. The Morgan fingerprint density at radius 3 is 2.39 bits per heavy atom. The van der Waals surface area contributed by atoms with Crippen LogP contribution in [0.25, 0.3) is 0 Å². The lowest BCUT2D eigenvalue weighted by Crippen LogP contribution is -2.63. The van der Waals surface area contributed by atoms with Gasteiger partial charge in [0.15, 0.2) is 0 Å². The second kappa shape index (κ2) is 11.3. The van der Waals surface area contributed by atoms with Crippen LogP contribution in [0.4, 0.5) is 0 Å². The van der Waals surface area contributed by atoms with Crippen molar-refractivity contribution in [2.75, 3.05) is 0 Å². The molecule has 2 aliphatic carbocycles. The van der Waals surface area contributed by atoms with Crippen molar-refractivity contribution in [3.8, 4) is 0 Å². The molecule has 1 saturated heterocycles. The van der Waals surface area contributed by atoms with Crippen molar-refractivity contribution in [1.29, 1.82) is 0 Å². The molecule has 3 rings (SSSR count). The van der Waals surface area contributed by atoms with Crippen LogP contribution in [0.1, 0.15) is 67.2 Å². The second-order valence-corrected chi connectivity index (χ2v) is 11.3. The molecule has 1 heterocycles. The number of hydrogen-bond acceptors (Lipinski definition) is 9. The molecule has 0 amide bonds. The van der Waals surface area contributed by atoms with E-state index in [0.717, 1.165) is 0 Å². The Hall–Kier alpha value is -2.49. The van der Waals surface area contributed by atoms with E-state index in [-0.39, 0.29) is 30.6 Å². The predicted molar refractivity (Wildman–Crippen MR) is 138 cm³/mol. The number of aliphatic hydroxyl groups is 2. The summed E-state index contributed by atoms with van der Waals surface area (Å²) < 4.78 is 23.1. The quantitative estimate of drug-likeness (QED) is 0.197. The molecule has 0 aromatic carbocycles. The minimum absolute atomic E-state index is 0.101. The summed E-state index contributed by atoms with van der Waals surface area (Å²) in [5.74, 6) is -2.53. The highest BCUT2D eigenvalue weighted by atomic mass is 16.8. The molecule has 38 heavy (non-hydrogen) atoms. The zero-order chi connectivity index (χ0) is 28.6. The molecule has 0 aromatic heterocycles. The van der Waals surface area contributed by atoms with Crippen LogP contribution in [0.2, 0.25) is 0 Å². The lowest BCUT2D eigenvalue weighted by molar-refractivity contribution is -0.256. The number of rotatable bonds is 9. The van der Waals surface area contributed by atoms with Crippen molar-refractivity contribution in [2.45, 2.75) is 98.1 Å². The van der Waals surface area contributed by atoms with E-state index in [2.05, 4.69) is 13.2 Å². The van der Waals surface area contributed by atoms with Gasteiger partial charge in [-0.2, -0.15) is 0 Å². The highest BCUT2D eigenvalue weighted by Gasteiger charge is 2.71. The third-order valence-corrected chi connectivity index (χ3v) is 9.00. The van der Waals surface area contributed by atoms with Crippen LogP contribution in [-0.2, 0) is 33.3 Å². The maximum atomic E-state index is 12.8. The van der Waals surface area contributed by atoms with E-state index in [1.54, 1.807) is 13.0 Å². The SMILES string of the molecule is C=CC(=C)[C@@H](O)C[C@]1(C)[C@H]2C[C@@H](OC(=O)[C@H](C)CC)C=C3[C@H](OC(C)=O)O[C@H](OC(C)=O)[C@@]32[C@H](O)C[C@@H]1C. The van der Waals surface area contributed by atoms with Crippen molar-refractivity contribution in [2.24, 2.45) is 28.6 Å². The summed E-state index contributed by atoms with van der Waals surface area (Å²) in [5.41, 5.74) is -1.10. The minimum atomic E-state index is -1.29. The zero-order valence-corrected chi connectivity index (χ0v) is 23.3. The van der Waals surface area contributed by atoms with Crippen molar-refractivity contribution in [1.82, 2.24) is 0 Å². The van der Waals surface area contributed by atoms with Gasteiger partial charge in [0, 0.05) is 19.4 Å². The van der Waals surface area contributed by atoms with Gasteiger partial charge in [-0.15, -0.1) is 0 Å². The fourth-order valence-electron chi connectivity index (χ4n) is 6.52. The number of carbonyl (C=O) groups excluding carboxylic acids is 3. The van der Waals surface area contributed by atoms with Crippen LogP contribution < -0.4 is 0 Å². The summed E-state index contributed by atoms with van der Waals surface area (Å²) >= 11 is 0. The number of ether oxygens (including phenoxy) is 4. The average molecular weight is 535 g/mol. The molecule has 1 spiro atoms. The van der Waals surface area contributed by atoms with E-state index >= 15 is 0 Å². The lowest BCUT2D eigenvalue weighted by Gasteiger charge is -2.60. The minimum Gasteiger partial charge on any atom is -0.458 e. The third kappa shape index (κ3) is 5.20. The molecule has 9 nitrogen and oxygen atoms in total. The van der Waals surface area contributed by atoms with Gasteiger partial charge in [0.2, 0.25) is 12.6 Å². The maximum absolute atomic E-state index is 12.8. The van der Waals surface area contributed by atoms with Gasteiger partial charge in [0.25, 0.3) is 0 Å². The van der Waals surface area contributed by atoms with Crippen LogP contribution >= 0.6 is 0 Å². The number of aliphatic hydroxyl groups excluding tert-OH is 2. The molecule has 1 saturated carbocycles. The molecule has 2 fully saturated rings. The largest absolute Gasteiger partial charge is 0.458 e. The molecule has 2 N–H and O–H groups in total. The molecule has 0 bridgehead atoms. The average Bonchev–Trinajstić information content (AvgIpc) is 3.13. The van der Waals surface area contributed by atoms with Gasteiger partial charge < -0.3 is 24.4 Å². The predicted octanol–water partition coefficient (Wildman–Crippen LogP) is 3.59. The first kappa shape index (κ1) is 30.1. The molecule has 0 radical (unpaired) electrons. The molecule has 3 aliphatic rings.